The van der Waals surface area contributed by atoms with E-state index in [1.54, 1.807) is 0 Å². The fraction of sp³-hybridized carbons (Fsp3) is 0.429. The SMILES string of the molecule is C/C=C\C.C=C/C=C(\C=C(/CC(=C)Nc1ccccc1C(=C)N)OC1CCN(C[C@H](C)O)CC1)N1CCCC1.C=CN. The molecule has 6 N–H and O–H groups in total. The van der Waals surface area contributed by atoms with Gasteiger partial charge >= 0.3 is 0 Å². The summed E-state index contributed by atoms with van der Waals surface area (Å²) >= 11 is 0. The highest BCUT2D eigenvalue weighted by Gasteiger charge is 2.23. The van der Waals surface area contributed by atoms with Crippen LogP contribution in [0, 0.1) is 0 Å². The average Bonchev–Trinajstić information content (AvgIpc) is 3.49. The van der Waals surface area contributed by atoms with Gasteiger partial charge in [0, 0.05) is 67.5 Å². The summed E-state index contributed by atoms with van der Waals surface area (Å²) in [6.07, 6.45) is 16.0. The minimum Gasteiger partial charge on any atom is -0.494 e. The van der Waals surface area contributed by atoms with Gasteiger partial charge in [-0.2, -0.15) is 0 Å². The van der Waals surface area contributed by atoms with Gasteiger partial charge in [-0.15, -0.1) is 0 Å². The van der Waals surface area contributed by atoms with Crippen LogP contribution in [0.25, 0.3) is 5.70 Å². The van der Waals surface area contributed by atoms with E-state index < -0.39 is 0 Å². The van der Waals surface area contributed by atoms with Crippen LogP contribution in [-0.4, -0.2) is 59.8 Å². The van der Waals surface area contributed by atoms with Crippen LogP contribution < -0.4 is 16.8 Å². The third kappa shape index (κ3) is 14.3. The summed E-state index contributed by atoms with van der Waals surface area (Å²) in [5.74, 6) is 0.889. The lowest BCUT2D eigenvalue weighted by Gasteiger charge is -2.33. The van der Waals surface area contributed by atoms with Crippen LogP contribution in [0.15, 0.2) is 104 Å². The van der Waals surface area contributed by atoms with Gasteiger partial charge in [0.15, 0.2) is 0 Å². The molecule has 1 aromatic rings. The number of aliphatic hydroxyl groups is 1. The number of piperidine rings is 1. The standard InChI is InChI=1S/C29H42N4O2.C4H8.C2H5N/c1-5-10-25(33-15-8-9-16-33)20-27(35-26-13-17-32(18-14-26)21-23(3)34)19-22(2)31-29-12-7-6-11-28(29)24(4)30;1-3-4-2;1-2-3/h5-7,10-12,20,23,26,31,34H,1-2,4,8-9,13-19,21,30H2,3H3;3-4H,1-2H3;2H,1,3H2/b25-10+,27-20+;4-3-;/t23-;;/m0../s1. The first-order valence-electron chi connectivity index (χ1n) is 14.9. The molecule has 0 bridgehead atoms. The highest BCUT2D eigenvalue weighted by atomic mass is 16.5. The first-order chi connectivity index (χ1) is 20.2. The Kier molecular flexibility index (Phi) is 18.2. The van der Waals surface area contributed by atoms with Crippen molar-refractivity contribution in [3.05, 3.63) is 110 Å². The first-order valence-corrected chi connectivity index (χ1v) is 14.9. The van der Waals surface area contributed by atoms with Crippen molar-refractivity contribution in [2.24, 2.45) is 11.5 Å². The van der Waals surface area contributed by atoms with Gasteiger partial charge in [-0.25, -0.2) is 0 Å². The number of β-amino-alcohol motifs (C(OH)–C–C–N with tert-alkyl or cyclic N) is 1. The Labute approximate surface area is 255 Å². The lowest BCUT2D eigenvalue weighted by atomic mass is 10.1. The molecule has 0 spiro atoms. The Balaban J connectivity index is 0.00000114. The van der Waals surface area contributed by atoms with E-state index in [-0.39, 0.29) is 12.2 Å². The van der Waals surface area contributed by atoms with Gasteiger partial charge in [0.05, 0.1) is 6.10 Å². The molecule has 2 aliphatic heterocycles. The molecule has 42 heavy (non-hydrogen) atoms. The monoisotopic (exact) mass is 577 g/mol. The van der Waals surface area contributed by atoms with Crippen molar-refractivity contribution in [2.45, 2.75) is 65.1 Å². The van der Waals surface area contributed by atoms with Gasteiger partial charge in [0.1, 0.15) is 11.9 Å². The second kappa shape index (κ2) is 21.1. The molecule has 3 rings (SSSR count). The summed E-state index contributed by atoms with van der Waals surface area (Å²) in [7, 11) is 0. The summed E-state index contributed by atoms with van der Waals surface area (Å²) in [6.45, 7) is 25.7. The second-order valence-electron chi connectivity index (χ2n) is 10.5. The van der Waals surface area contributed by atoms with Gasteiger partial charge in [0.2, 0.25) is 0 Å². The maximum atomic E-state index is 9.71. The smallest absolute Gasteiger partial charge is 0.104 e. The number of nitrogens with two attached hydrogens (primary N) is 2. The van der Waals surface area contributed by atoms with Crippen molar-refractivity contribution in [1.29, 1.82) is 0 Å². The normalized spacial score (nSPS) is 16.9. The summed E-state index contributed by atoms with van der Waals surface area (Å²) < 4.78 is 6.59. The lowest BCUT2D eigenvalue weighted by Crippen LogP contribution is -2.40. The molecule has 1 aromatic carbocycles. The van der Waals surface area contributed by atoms with Gasteiger partial charge < -0.3 is 36.4 Å². The van der Waals surface area contributed by atoms with E-state index in [0.717, 1.165) is 67.4 Å². The number of aliphatic hydroxyl groups excluding tert-OH is 1. The number of nitrogens with zero attached hydrogens (tertiary/aromatic N) is 2. The van der Waals surface area contributed by atoms with E-state index in [2.05, 4.69) is 59.3 Å². The van der Waals surface area contributed by atoms with Gasteiger partial charge in [0.25, 0.3) is 0 Å². The molecule has 232 valence electrons. The maximum absolute atomic E-state index is 9.71. The van der Waals surface area contributed by atoms with Crippen molar-refractivity contribution in [2.75, 3.05) is 38.0 Å². The van der Waals surface area contributed by atoms with Gasteiger partial charge in [-0.3, -0.25) is 0 Å². The van der Waals surface area contributed by atoms with Gasteiger partial charge in [-0.1, -0.05) is 62.7 Å². The lowest BCUT2D eigenvalue weighted by molar-refractivity contribution is 0.0324. The Morgan fingerprint density at radius 1 is 1.10 bits per heavy atom. The molecular weight excluding hydrogens is 522 g/mol. The molecule has 7 heteroatoms. The largest absolute Gasteiger partial charge is 0.494 e. The number of hydrogen-bond donors (Lipinski definition) is 4. The molecule has 0 aromatic heterocycles. The Morgan fingerprint density at radius 3 is 2.21 bits per heavy atom. The van der Waals surface area contributed by atoms with E-state index in [9.17, 15) is 5.11 Å². The zero-order valence-electron chi connectivity index (χ0n) is 26.2. The van der Waals surface area contributed by atoms with Crippen LogP contribution >= 0.6 is 0 Å². The molecule has 2 heterocycles. The summed E-state index contributed by atoms with van der Waals surface area (Å²) in [6, 6.07) is 7.84. The number of ether oxygens (including phenoxy) is 1. The zero-order valence-corrected chi connectivity index (χ0v) is 26.2. The fourth-order valence-electron chi connectivity index (χ4n) is 4.75. The molecule has 7 nitrogen and oxygen atoms in total. The predicted octanol–water partition coefficient (Wildman–Crippen LogP) is 6.51. The molecule has 1 atom stereocenters. The van der Waals surface area contributed by atoms with E-state index in [1.807, 2.05) is 63.3 Å². The number of allylic oxidation sites excluding steroid dienone is 5. The number of benzene rings is 1. The van der Waals surface area contributed by atoms with Crippen LogP contribution in [-0.2, 0) is 4.74 Å². The second-order valence-corrected chi connectivity index (χ2v) is 10.5. The first kappa shape index (κ1) is 36.3. The summed E-state index contributed by atoms with van der Waals surface area (Å²) in [4.78, 5) is 4.69. The van der Waals surface area contributed by atoms with E-state index in [0.29, 0.717) is 18.7 Å². The molecule has 0 unspecified atom stereocenters. The van der Waals surface area contributed by atoms with Crippen LogP contribution in [0.3, 0.4) is 0 Å². The molecule has 0 radical (unpaired) electrons. The number of anilines is 1. The third-order valence-corrected chi connectivity index (χ3v) is 6.75. The summed E-state index contributed by atoms with van der Waals surface area (Å²) in [5, 5.41) is 13.1. The number of nitrogens with one attached hydrogen (secondary N) is 1. The van der Waals surface area contributed by atoms with Gasteiger partial charge in [-0.05, 0) is 70.9 Å². The number of likely N-dealkylation sites (tertiary alicyclic amines) is 2. The summed E-state index contributed by atoms with van der Waals surface area (Å²) in [5.41, 5.74) is 14.8. The Hall–Kier alpha value is -3.68. The third-order valence-electron chi connectivity index (χ3n) is 6.75. The fourth-order valence-corrected chi connectivity index (χ4v) is 4.75. The van der Waals surface area contributed by atoms with Crippen molar-refractivity contribution in [3.63, 3.8) is 0 Å². The van der Waals surface area contributed by atoms with Crippen molar-refractivity contribution in [3.8, 4) is 0 Å². The Bertz CT molecular complexity index is 1050. The van der Waals surface area contributed by atoms with Crippen molar-refractivity contribution in [1.82, 2.24) is 9.80 Å². The quantitative estimate of drug-likeness (QED) is 0.128. The predicted molar refractivity (Wildman–Crippen MR) is 181 cm³/mol. The number of hydrogen-bond acceptors (Lipinski definition) is 7. The zero-order chi connectivity index (χ0) is 31.3. The molecule has 2 saturated heterocycles. The molecule has 0 amide bonds. The number of rotatable bonds is 12. The van der Waals surface area contributed by atoms with E-state index in [1.165, 1.54) is 19.0 Å². The van der Waals surface area contributed by atoms with E-state index in [4.69, 9.17) is 10.5 Å². The Morgan fingerprint density at radius 2 is 1.69 bits per heavy atom. The molecule has 2 fully saturated rings. The molecule has 2 aliphatic rings. The highest BCUT2D eigenvalue weighted by molar-refractivity contribution is 5.74. The van der Waals surface area contributed by atoms with Crippen molar-refractivity contribution >= 4 is 11.4 Å². The van der Waals surface area contributed by atoms with Crippen molar-refractivity contribution < 1.29 is 9.84 Å². The molecular formula is C35H55N5O2. The average molecular weight is 578 g/mol. The molecule has 0 saturated carbocycles. The number of para-hydroxylation sites is 1. The molecule has 0 aliphatic carbocycles. The van der Waals surface area contributed by atoms with Crippen LogP contribution in [0.2, 0.25) is 0 Å². The van der Waals surface area contributed by atoms with Crippen LogP contribution in [0.1, 0.15) is 58.4 Å². The van der Waals surface area contributed by atoms with E-state index >= 15 is 0 Å². The topological polar surface area (TPSA) is 100 Å². The van der Waals surface area contributed by atoms with Crippen LogP contribution in [0.4, 0.5) is 5.69 Å². The minimum atomic E-state index is -0.308. The maximum Gasteiger partial charge on any atom is 0.104 e. The minimum absolute atomic E-state index is 0.138. The van der Waals surface area contributed by atoms with Crippen LogP contribution in [0.5, 0.6) is 0 Å². The highest BCUT2D eigenvalue weighted by Crippen LogP contribution is 2.27.